The molecule has 25 heavy (non-hydrogen) atoms. The molecule has 0 aliphatic carbocycles. The van der Waals surface area contributed by atoms with Crippen LogP contribution in [0.4, 0.5) is 10.1 Å². The first-order chi connectivity index (χ1) is 11.4. The van der Waals surface area contributed by atoms with E-state index in [1.807, 2.05) is 0 Å². The number of imide groups is 1. The molecule has 1 aromatic rings. The van der Waals surface area contributed by atoms with Gasteiger partial charge in [0.2, 0.25) is 11.8 Å². The zero-order valence-electron chi connectivity index (χ0n) is 15.0. The summed E-state index contributed by atoms with van der Waals surface area (Å²) < 4.78 is 14.4. The molecule has 2 aliphatic rings. The standard InChI is InChI=1S/C13H17B5FN3O3/c14-5-4-3(8(20)6(15)7(5)19)1-22(9(4)23)13(18)2-12(16,17)10(24)21-11(13)25/h1-2,14-18,20H2,(H,21,24,25). The summed E-state index contributed by atoms with van der Waals surface area (Å²) in [4.78, 5) is 39.0. The van der Waals surface area contributed by atoms with Gasteiger partial charge in [0.15, 0.2) is 0 Å². The van der Waals surface area contributed by atoms with Crippen molar-refractivity contribution in [1.82, 2.24) is 10.2 Å². The van der Waals surface area contributed by atoms with Gasteiger partial charge < -0.3 is 10.6 Å². The zero-order chi connectivity index (χ0) is 18.9. The number of amides is 3. The first-order valence-corrected chi connectivity index (χ1v) is 8.16. The number of halogens is 1. The second-order valence-corrected chi connectivity index (χ2v) is 7.84. The van der Waals surface area contributed by atoms with Crippen LogP contribution in [-0.2, 0) is 16.1 Å². The summed E-state index contributed by atoms with van der Waals surface area (Å²) in [5.41, 5.74) is 6.38. The van der Waals surface area contributed by atoms with Gasteiger partial charge in [-0.2, -0.15) is 0 Å². The van der Waals surface area contributed by atoms with Crippen molar-refractivity contribution >= 4 is 73.6 Å². The quantitative estimate of drug-likeness (QED) is 0.303. The summed E-state index contributed by atoms with van der Waals surface area (Å²) in [5, 5.41) is 1.55. The number of nitrogens with one attached hydrogen (secondary N) is 1. The summed E-state index contributed by atoms with van der Waals surface area (Å²) >= 11 is 0. The maximum absolute atomic E-state index is 14.4. The summed E-state index contributed by atoms with van der Waals surface area (Å²) in [5.74, 6) is -1.82. The van der Waals surface area contributed by atoms with Crippen molar-refractivity contribution in [2.75, 3.05) is 5.73 Å². The minimum Gasteiger partial charge on any atom is -0.399 e. The Balaban J connectivity index is 2.11. The zero-order valence-corrected chi connectivity index (χ0v) is 15.0. The smallest absolute Gasteiger partial charge is 0.254 e. The largest absolute Gasteiger partial charge is 0.399 e. The van der Waals surface area contributed by atoms with E-state index in [0.717, 1.165) is 0 Å². The van der Waals surface area contributed by atoms with Crippen LogP contribution in [0.15, 0.2) is 0 Å². The molecule has 0 bridgehead atoms. The number of benzene rings is 1. The van der Waals surface area contributed by atoms with Crippen LogP contribution in [0, 0.1) is 5.82 Å². The van der Waals surface area contributed by atoms with Crippen molar-refractivity contribution in [1.29, 1.82) is 0 Å². The van der Waals surface area contributed by atoms with E-state index in [4.69, 9.17) is 5.73 Å². The van der Waals surface area contributed by atoms with Crippen LogP contribution in [0.5, 0.6) is 0 Å². The molecule has 3 N–H and O–H groups in total. The number of fused-ring (bicyclic) bond motifs is 1. The van der Waals surface area contributed by atoms with E-state index in [2.05, 4.69) is 5.32 Å². The maximum Gasteiger partial charge on any atom is 0.254 e. The highest BCUT2D eigenvalue weighted by molar-refractivity contribution is 6.54. The number of anilines is 1. The fraction of sp³-hybridized carbons (Fsp3) is 0.308. The van der Waals surface area contributed by atoms with Crippen LogP contribution in [0.25, 0.3) is 0 Å². The van der Waals surface area contributed by atoms with Crippen molar-refractivity contribution in [3.63, 3.8) is 0 Å². The van der Waals surface area contributed by atoms with E-state index < -0.39 is 28.3 Å². The summed E-state index contributed by atoms with van der Waals surface area (Å²) in [6, 6.07) is 0. The number of hydrogen-bond donors (Lipinski definition) is 2. The van der Waals surface area contributed by atoms with E-state index >= 15 is 0 Å². The van der Waals surface area contributed by atoms with Gasteiger partial charge in [0, 0.05) is 23.4 Å². The Morgan fingerprint density at radius 1 is 1.08 bits per heavy atom. The van der Waals surface area contributed by atoms with Gasteiger partial charge in [0.1, 0.15) is 45.0 Å². The number of nitrogens with zero attached hydrogens (tertiary/aromatic N) is 1. The highest BCUT2D eigenvalue weighted by Crippen LogP contribution is 2.39. The van der Waals surface area contributed by atoms with Crippen LogP contribution in [0.3, 0.4) is 0 Å². The van der Waals surface area contributed by atoms with E-state index in [0.29, 0.717) is 11.0 Å². The van der Waals surface area contributed by atoms with Gasteiger partial charge in [0.25, 0.3) is 5.91 Å². The van der Waals surface area contributed by atoms with Crippen LogP contribution in [0.2, 0.25) is 5.21 Å². The molecule has 0 radical (unpaired) electrons. The average Bonchev–Trinajstić information content (AvgIpc) is 2.87. The molecule has 1 saturated heterocycles. The third kappa shape index (κ3) is 2.26. The summed E-state index contributed by atoms with van der Waals surface area (Å²) in [6.45, 7) is 0.121. The molecule has 12 heteroatoms. The second kappa shape index (κ2) is 5.19. The Labute approximate surface area is 149 Å². The molecule has 2 aliphatic heterocycles. The van der Waals surface area contributed by atoms with Gasteiger partial charge in [-0.3, -0.25) is 19.7 Å². The van der Waals surface area contributed by atoms with Crippen molar-refractivity contribution < 1.29 is 18.8 Å². The van der Waals surface area contributed by atoms with Gasteiger partial charge in [-0.1, -0.05) is 0 Å². The van der Waals surface area contributed by atoms with Crippen molar-refractivity contribution in [2.24, 2.45) is 0 Å². The van der Waals surface area contributed by atoms with Crippen LogP contribution >= 0.6 is 0 Å². The van der Waals surface area contributed by atoms with Gasteiger partial charge in [0.05, 0.1) is 5.44 Å². The number of carbonyl (C=O) groups excluding carboxylic acids is 3. The lowest BCUT2D eigenvalue weighted by Gasteiger charge is -2.46. The third-order valence-corrected chi connectivity index (χ3v) is 5.55. The monoisotopic (exact) mass is 337 g/mol. The average molecular weight is 336 g/mol. The minimum absolute atomic E-state index is 0.121. The lowest BCUT2D eigenvalue weighted by atomic mass is 9.45. The fourth-order valence-electron chi connectivity index (χ4n) is 3.96. The van der Waals surface area contributed by atoms with Gasteiger partial charge in [-0.05, 0) is 22.6 Å². The molecule has 1 atom stereocenters. The summed E-state index contributed by atoms with van der Waals surface area (Å²) in [6.07, 6.45) is 0.185. The van der Waals surface area contributed by atoms with Gasteiger partial charge in [-0.15, -0.1) is 0 Å². The number of nitrogens with two attached hydrogens (primary N) is 1. The molecular weight excluding hydrogens is 319 g/mol. The lowest BCUT2D eigenvalue weighted by molar-refractivity contribution is -0.139. The normalized spacial score (nSPS) is 25.0. The Morgan fingerprint density at radius 3 is 2.28 bits per heavy atom. The molecule has 124 valence electrons. The number of rotatable bonds is 1. The SMILES string of the molecule is Bc1c(N)c2c(c(B)c1F)C(=O)N(C1(B)CC(B)(B)C(=O)NC1=O)C2. The van der Waals surface area contributed by atoms with Crippen LogP contribution < -0.4 is 22.0 Å². The highest BCUT2D eigenvalue weighted by atomic mass is 19.1. The maximum atomic E-state index is 14.4. The fourth-order valence-corrected chi connectivity index (χ4v) is 3.96. The molecule has 2 heterocycles. The Morgan fingerprint density at radius 2 is 1.68 bits per heavy atom. The topological polar surface area (TPSA) is 92.5 Å². The lowest BCUT2D eigenvalue weighted by Crippen LogP contribution is -2.67. The number of piperidine rings is 1. The predicted molar refractivity (Wildman–Crippen MR) is 106 cm³/mol. The van der Waals surface area contributed by atoms with Crippen LogP contribution in [-0.4, -0.2) is 67.3 Å². The molecule has 0 aromatic heterocycles. The number of hydrogen-bond acceptors (Lipinski definition) is 4. The van der Waals surface area contributed by atoms with Crippen molar-refractivity contribution in [3.8, 4) is 0 Å². The first kappa shape index (κ1) is 17.7. The van der Waals surface area contributed by atoms with E-state index in [9.17, 15) is 18.8 Å². The molecule has 0 spiro atoms. The Kier molecular flexibility index (Phi) is 3.67. The van der Waals surface area contributed by atoms with E-state index in [1.54, 1.807) is 39.2 Å². The number of nitrogen functional groups attached to an aromatic ring is 1. The van der Waals surface area contributed by atoms with Crippen molar-refractivity contribution in [2.45, 2.75) is 23.6 Å². The van der Waals surface area contributed by atoms with E-state index in [-0.39, 0.29) is 35.6 Å². The van der Waals surface area contributed by atoms with Crippen LogP contribution in [0.1, 0.15) is 22.3 Å². The highest BCUT2D eigenvalue weighted by Gasteiger charge is 2.54. The molecule has 6 nitrogen and oxygen atoms in total. The molecule has 3 amide bonds. The van der Waals surface area contributed by atoms with Gasteiger partial charge >= 0.3 is 0 Å². The van der Waals surface area contributed by atoms with E-state index in [1.165, 1.54) is 4.90 Å². The van der Waals surface area contributed by atoms with Crippen molar-refractivity contribution in [3.05, 3.63) is 16.9 Å². The second-order valence-electron chi connectivity index (χ2n) is 7.84. The molecule has 1 fully saturated rings. The first-order valence-electron chi connectivity index (χ1n) is 8.16. The number of carbonyl (C=O) groups is 3. The predicted octanol–water partition coefficient (Wildman–Crippen LogP) is -6.36. The molecular formula is C13H17B5FN3O3. The summed E-state index contributed by atoms with van der Waals surface area (Å²) in [7, 11) is 8.20. The molecule has 0 saturated carbocycles. The Bertz CT molecular complexity index is 862. The minimum atomic E-state index is -1.21. The third-order valence-electron chi connectivity index (χ3n) is 5.55. The Hall–Kier alpha value is -2.12. The molecule has 1 aromatic carbocycles. The molecule has 1 unspecified atom stereocenters. The van der Waals surface area contributed by atoms with Gasteiger partial charge in [-0.25, -0.2) is 4.39 Å². The molecule has 3 rings (SSSR count).